The number of hydrogen-bond donors (Lipinski definition) is 1. The lowest BCUT2D eigenvalue weighted by Gasteiger charge is -2.12. The summed E-state index contributed by atoms with van der Waals surface area (Å²) in [7, 11) is 0. The minimum Gasteiger partial charge on any atom is -0.512 e. The third-order valence-corrected chi connectivity index (χ3v) is 1.58. The normalized spacial score (nSPS) is 23.5. The quantitative estimate of drug-likeness (QED) is 0.596. The van der Waals surface area contributed by atoms with Gasteiger partial charge in [-0.2, -0.15) is 5.26 Å². The maximum Gasteiger partial charge on any atom is 0.0966 e. The van der Waals surface area contributed by atoms with Crippen LogP contribution in [-0.2, 0) is 0 Å². The maximum atomic E-state index is 9.16. The molecule has 0 aromatic heterocycles. The van der Waals surface area contributed by atoms with Crippen molar-refractivity contribution in [1.29, 1.82) is 5.26 Å². The predicted octanol–water partition coefficient (Wildman–Crippen LogP) is 1.92. The van der Waals surface area contributed by atoms with E-state index in [0.29, 0.717) is 12.2 Å². The summed E-state index contributed by atoms with van der Waals surface area (Å²) < 4.78 is 0. The standard InChI is InChI=1S/C8H9NO/c9-6-5-7-3-1-2-4-8(7)10/h1-2,4,7,10H,3,5H2. The maximum absolute atomic E-state index is 9.16. The topological polar surface area (TPSA) is 44.0 Å². The number of rotatable bonds is 1. The second-order valence-corrected chi connectivity index (χ2v) is 2.31. The van der Waals surface area contributed by atoms with Crippen molar-refractivity contribution < 1.29 is 5.11 Å². The van der Waals surface area contributed by atoms with Crippen LogP contribution >= 0.6 is 0 Å². The highest BCUT2D eigenvalue weighted by molar-refractivity contribution is 5.16. The first-order valence-electron chi connectivity index (χ1n) is 3.27. The van der Waals surface area contributed by atoms with Gasteiger partial charge in [-0.1, -0.05) is 12.2 Å². The Hall–Kier alpha value is -1.23. The Morgan fingerprint density at radius 3 is 3.20 bits per heavy atom. The molecule has 1 atom stereocenters. The minimum absolute atomic E-state index is 0.0370. The fourth-order valence-corrected chi connectivity index (χ4v) is 0.964. The molecule has 1 N–H and O–H groups in total. The van der Waals surface area contributed by atoms with Crippen molar-refractivity contribution in [2.24, 2.45) is 5.92 Å². The summed E-state index contributed by atoms with van der Waals surface area (Å²) in [5.41, 5.74) is 0. The van der Waals surface area contributed by atoms with Crippen LogP contribution in [-0.4, -0.2) is 5.11 Å². The molecule has 1 aliphatic carbocycles. The molecule has 0 aliphatic heterocycles. The van der Waals surface area contributed by atoms with Gasteiger partial charge in [0.15, 0.2) is 0 Å². The zero-order valence-corrected chi connectivity index (χ0v) is 5.62. The Kier molecular flexibility index (Phi) is 2.11. The third kappa shape index (κ3) is 1.38. The molecule has 0 saturated carbocycles. The van der Waals surface area contributed by atoms with E-state index in [1.165, 1.54) is 0 Å². The molecular weight excluding hydrogens is 126 g/mol. The SMILES string of the molecule is N#CCC1CC=CC=C1O. The molecule has 2 heteroatoms. The van der Waals surface area contributed by atoms with E-state index < -0.39 is 0 Å². The molecule has 0 heterocycles. The van der Waals surface area contributed by atoms with E-state index in [2.05, 4.69) is 0 Å². The van der Waals surface area contributed by atoms with Crippen LogP contribution in [0.4, 0.5) is 0 Å². The summed E-state index contributed by atoms with van der Waals surface area (Å²) in [5, 5.41) is 17.5. The van der Waals surface area contributed by atoms with Crippen molar-refractivity contribution >= 4 is 0 Å². The summed E-state index contributed by atoms with van der Waals surface area (Å²) in [4.78, 5) is 0. The van der Waals surface area contributed by atoms with Crippen molar-refractivity contribution in [3.8, 4) is 6.07 Å². The first kappa shape index (κ1) is 6.88. The molecule has 52 valence electrons. The molecule has 1 aliphatic rings. The molecule has 0 radical (unpaired) electrons. The summed E-state index contributed by atoms with van der Waals surface area (Å²) in [5.74, 6) is 0.374. The molecule has 2 nitrogen and oxygen atoms in total. The molecule has 0 aromatic rings. The first-order chi connectivity index (χ1) is 4.84. The van der Waals surface area contributed by atoms with Crippen molar-refractivity contribution in [1.82, 2.24) is 0 Å². The monoisotopic (exact) mass is 135 g/mol. The first-order valence-corrected chi connectivity index (χ1v) is 3.27. The van der Waals surface area contributed by atoms with Gasteiger partial charge in [-0.3, -0.25) is 0 Å². The molecule has 0 bridgehead atoms. The number of nitrogens with zero attached hydrogens (tertiary/aromatic N) is 1. The smallest absolute Gasteiger partial charge is 0.0966 e. The summed E-state index contributed by atoms with van der Waals surface area (Å²) >= 11 is 0. The third-order valence-electron chi connectivity index (χ3n) is 1.58. The number of allylic oxidation sites excluding steroid dienone is 4. The Morgan fingerprint density at radius 2 is 2.60 bits per heavy atom. The molecule has 1 unspecified atom stereocenters. The average molecular weight is 135 g/mol. The number of hydrogen-bond acceptors (Lipinski definition) is 2. The zero-order valence-electron chi connectivity index (χ0n) is 5.62. The van der Waals surface area contributed by atoms with E-state index in [1.54, 1.807) is 6.08 Å². The van der Waals surface area contributed by atoms with Gasteiger partial charge in [-0.25, -0.2) is 0 Å². The molecule has 0 fully saturated rings. The molecular formula is C8H9NO. The largest absolute Gasteiger partial charge is 0.512 e. The lowest BCUT2D eigenvalue weighted by atomic mass is 9.96. The van der Waals surface area contributed by atoms with E-state index in [4.69, 9.17) is 10.4 Å². The highest BCUT2D eigenvalue weighted by Gasteiger charge is 2.12. The second-order valence-electron chi connectivity index (χ2n) is 2.31. The van der Waals surface area contributed by atoms with Crippen molar-refractivity contribution in [3.63, 3.8) is 0 Å². The average Bonchev–Trinajstić information content (AvgIpc) is 1.94. The van der Waals surface area contributed by atoms with Gasteiger partial charge in [-0.05, 0) is 12.5 Å². The van der Waals surface area contributed by atoms with Crippen LogP contribution in [0.1, 0.15) is 12.8 Å². The van der Waals surface area contributed by atoms with Crippen LogP contribution < -0.4 is 0 Å². The summed E-state index contributed by atoms with van der Waals surface area (Å²) in [6, 6.07) is 2.03. The van der Waals surface area contributed by atoms with Crippen molar-refractivity contribution in [2.45, 2.75) is 12.8 Å². The van der Waals surface area contributed by atoms with Gasteiger partial charge in [0.05, 0.1) is 11.8 Å². The van der Waals surface area contributed by atoms with Gasteiger partial charge in [0, 0.05) is 12.3 Å². The Bertz CT molecular complexity index is 210. The highest BCUT2D eigenvalue weighted by Crippen LogP contribution is 2.20. The van der Waals surface area contributed by atoms with Gasteiger partial charge in [0.25, 0.3) is 0 Å². The van der Waals surface area contributed by atoms with Crippen LogP contribution in [0.15, 0.2) is 24.0 Å². The van der Waals surface area contributed by atoms with Gasteiger partial charge in [-0.15, -0.1) is 0 Å². The van der Waals surface area contributed by atoms with E-state index in [9.17, 15) is 0 Å². The highest BCUT2D eigenvalue weighted by atomic mass is 16.3. The lowest BCUT2D eigenvalue weighted by Crippen LogP contribution is -2.03. The van der Waals surface area contributed by atoms with E-state index in [1.807, 2.05) is 18.2 Å². The second kappa shape index (κ2) is 3.07. The van der Waals surface area contributed by atoms with Crippen LogP contribution in [0.5, 0.6) is 0 Å². The van der Waals surface area contributed by atoms with Crippen molar-refractivity contribution in [3.05, 3.63) is 24.0 Å². The van der Waals surface area contributed by atoms with Crippen LogP contribution in [0, 0.1) is 17.2 Å². The Balaban J connectivity index is 2.57. The van der Waals surface area contributed by atoms with E-state index >= 15 is 0 Å². The lowest BCUT2D eigenvalue weighted by molar-refractivity contribution is 0.329. The van der Waals surface area contributed by atoms with Gasteiger partial charge in [0.2, 0.25) is 0 Å². The van der Waals surface area contributed by atoms with Gasteiger partial charge < -0.3 is 5.11 Å². The fourth-order valence-electron chi connectivity index (χ4n) is 0.964. The van der Waals surface area contributed by atoms with Crippen LogP contribution in [0.2, 0.25) is 0 Å². The molecule has 0 saturated heterocycles. The summed E-state index contributed by atoms with van der Waals surface area (Å²) in [6.07, 6.45) is 6.61. The molecule has 0 amide bonds. The Morgan fingerprint density at radius 1 is 1.80 bits per heavy atom. The number of nitriles is 1. The molecule has 10 heavy (non-hydrogen) atoms. The number of aliphatic hydroxyl groups is 1. The summed E-state index contributed by atoms with van der Waals surface area (Å²) in [6.45, 7) is 0. The van der Waals surface area contributed by atoms with Crippen molar-refractivity contribution in [2.75, 3.05) is 0 Å². The minimum atomic E-state index is 0.0370. The fraction of sp³-hybridized carbons (Fsp3) is 0.375. The number of aliphatic hydroxyl groups excluding tert-OH is 1. The van der Waals surface area contributed by atoms with Gasteiger partial charge >= 0.3 is 0 Å². The van der Waals surface area contributed by atoms with Crippen LogP contribution in [0.25, 0.3) is 0 Å². The predicted molar refractivity (Wildman–Crippen MR) is 38.2 cm³/mol. The molecule has 1 rings (SSSR count). The molecule has 0 aromatic carbocycles. The van der Waals surface area contributed by atoms with E-state index in [-0.39, 0.29) is 5.92 Å². The van der Waals surface area contributed by atoms with E-state index in [0.717, 1.165) is 6.42 Å². The molecule has 0 spiro atoms. The van der Waals surface area contributed by atoms with Gasteiger partial charge in [0.1, 0.15) is 0 Å². The Labute approximate surface area is 60.1 Å². The zero-order chi connectivity index (χ0) is 7.40. The van der Waals surface area contributed by atoms with Crippen LogP contribution in [0.3, 0.4) is 0 Å².